The lowest BCUT2D eigenvalue weighted by molar-refractivity contribution is 0.400. The molecule has 0 bridgehead atoms. The molecule has 5 heterocycles. The monoisotopic (exact) mass is 1800 g/mol. The maximum absolute atomic E-state index is 14.2. The summed E-state index contributed by atoms with van der Waals surface area (Å²) < 4.78 is 331. The van der Waals surface area contributed by atoms with Crippen LogP contribution in [-0.2, 0) is 0 Å². The molecule has 0 unspecified atom stereocenters. The van der Waals surface area contributed by atoms with Crippen LogP contribution in [0.25, 0.3) is 50.5 Å². The second-order valence-corrected chi connectivity index (χ2v) is 34.3. The second kappa shape index (κ2) is 42.0. The Kier molecular flexibility index (Phi) is 34.2. The fourth-order valence-electron chi connectivity index (χ4n) is 14.2. The summed E-state index contributed by atoms with van der Waals surface area (Å²) >= 11 is 0. The Morgan fingerprint density at radius 2 is 0.627 bits per heavy atom. The number of aromatic nitrogens is 6. The van der Waals surface area contributed by atoms with Crippen molar-refractivity contribution in [1.82, 2.24) is 30.1 Å². The number of nitrogens with one attached hydrogen (secondary N) is 4. The maximum Gasteiger partial charge on any atom is 0.198 e. The quantitative estimate of drug-likeness (QED) is 0.0391. The van der Waals surface area contributed by atoms with Gasteiger partial charge >= 0.3 is 0 Å². The predicted molar refractivity (Wildman–Crippen MR) is 443 cm³/mol. The summed E-state index contributed by atoms with van der Waals surface area (Å²) in [6.45, 7) is 42.4. The van der Waals surface area contributed by atoms with Crippen molar-refractivity contribution < 1.29 is 105 Å². The van der Waals surface area contributed by atoms with E-state index in [4.69, 9.17) is 0 Å². The van der Waals surface area contributed by atoms with Crippen molar-refractivity contribution in [2.24, 2.45) is 16.8 Å². The van der Waals surface area contributed by atoms with Gasteiger partial charge in [-0.3, -0.25) is 10.1 Å². The molecule has 1 aliphatic heterocycles. The molecule has 4 aromatic heterocycles. The van der Waals surface area contributed by atoms with E-state index in [2.05, 4.69) is 35.1 Å². The van der Waals surface area contributed by atoms with Gasteiger partial charge in [-0.15, -0.1) is 0 Å². The number of benzene rings is 6. The minimum absolute atomic E-state index is 0.0412. The molecular weight excluding hydrogens is 1700 g/mol. The summed E-state index contributed by atoms with van der Waals surface area (Å²) in [5.74, 6) is -39.0. The SMILES string of the molecule is CC(C)C1=CC=C(c2c(F)c(F)c(F)c(F)c2C(C)C)C1.CC(C)C1=CN=C(c2c(F)c(F)c(F)c(F)c2C(C)C)C1.CC(C)c1c[nH]c(-c2c(F)c(F)c(F)c(F)c2C(C)C)c1.CC(C)c1cc(-c2c(F)c(F)c(F)c(F)c2C(C)C)c[nH]1.CC(C)c1cc(-c2c(F)c(F)c(F)c(F)c2C(C)C)n[nH]1.CC(C)c1ncc(-c2c(F)c(F)c(F)c(F)c2C(C)C)[nH]1. The highest BCUT2D eigenvalue weighted by atomic mass is 19.2. The molecular formula is C95H101F24N7. The van der Waals surface area contributed by atoms with E-state index in [1.54, 1.807) is 114 Å². The molecule has 126 heavy (non-hydrogen) atoms. The van der Waals surface area contributed by atoms with Crippen molar-refractivity contribution in [3.8, 4) is 44.9 Å². The Labute approximate surface area is 716 Å². The van der Waals surface area contributed by atoms with E-state index in [1.165, 1.54) is 18.5 Å². The zero-order valence-corrected chi connectivity index (χ0v) is 74.0. The zero-order valence-electron chi connectivity index (χ0n) is 74.0. The first kappa shape index (κ1) is 103. The first-order valence-electron chi connectivity index (χ1n) is 40.8. The van der Waals surface area contributed by atoms with E-state index in [-0.39, 0.29) is 125 Å². The van der Waals surface area contributed by atoms with Gasteiger partial charge in [0.2, 0.25) is 0 Å². The number of aromatic amines is 4. The summed E-state index contributed by atoms with van der Waals surface area (Å²) in [5.41, 5.74) is 3.44. The fraction of sp³-hybridized carbons (Fsp3) is 0.400. The first-order chi connectivity index (χ1) is 58.5. The number of rotatable bonds is 18. The number of aliphatic imine (C=N–C) groups is 1. The van der Waals surface area contributed by atoms with E-state index in [0.29, 0.717) is 35.5 Å². The van der Waals surface area contributed by atoms with Crippen LogP contribution in [0.5, 0.6) is 0 Å². The number of H-pyrrole nitrogens is 4. The number of nitrogens with zero attached hydrogens (tertiary/aromatic N) is 3. The Hall–Kier alpha value is -10.5. The van der Waals surface area contributed by atoms with E-state index < -0.39 is 175 Å². The number of halogens is 24. The number of hydrogen-bond donors (Lipinski definition) is 4. The minimum Gasteiger partial charge on any atom is -0.364 e. The van der Waals surface area contributed by atoms with Gasteiger partial charge in [-0.1, -0.05) is 184 Å². The van der Waals surface area contributed by atoms with Crippen molar-refractivity contribution in [3.63, 3.8) is 0 Å². The van der Waals surface area contributed by atoms with Gasteiger partial charge in [0.05, 0.1) is 23.3 Å². The highest BCUT2D eigenvalue weighted by Crippen LogP contribution is 2.45. The number of hydrogen-bond acceptors (Lipinski definition) is 3. The summed E-state index contributed by atoms with van der Waals surface area (Å²) in [6.07, 6.45) is 10.3. The molecule has 1 aliphatic carbocycles. The molecule has 6 aromatic carbocycles. The van der Waals surface area contributed by atoms with Gasteiger partial charge in [0.15, 0.2) is 140 Å². The van der Waals surface area contributed by atoms with Gasteiger partial charge < -0.3 is 15.0 Å². The lowest BCUT2D eigenvalue weighted by Crippen LogP contribution is -2.15. The summed E-state index contributed by atoms with van der Waals surface area (Å²) in [7, 11) is 0. The maximum atomic E-state index is 14.2. The van der Waals surface area contributed by atoms with Crippen LogP contribution in [0.2, 0.25) is 0 Å². The first-order valence-corrected chi connectivity index (χ1v) is 40.8. The Balaban J connectivity index is 0.000000207. The third kappa shape index (κ3) is 21.3. The largest absolute Gasteiger partial charge is 0.364 e. The van der Waals surface area contributed by atoms with Crippen LogP contribution in [-0.4, -0.2) is 35.8 Å². The average molecular weight is 1800 g/mol. The van der Waals surface area contributed by atoms with Gasteiger partial charge in [-0.25, -0.2) is 110 Å². The Morgan fingerprint density at radius 1 is 0.278 bits per heavy atom. The molecule has 0 radical (unpaired) electrons. The zero-order chi connectivity index (χ0) is 95.4. The van der Waals surface area contributed by atoms with Crippen molar-refractivity contribution >= 4 is 11.3 Å². The minimum atomic E-state index is -1.82. The Morgan fingerprint density at radius 3 is 0.968 bits per heavy atom. The van der Waals surface area contributed by atoms with E-state index >= 15 is 0 Å². The predicted octanol–water partition coefficient (Wildman–Crippen LogP) is 31.6. The van der Waals surface area contributed by atoms with Gasteiger partial charge in [-0.2, -0.15) is 5.10 Å². The normalized spacial score (nSPS) is 12.8. The number of allylic oxidation sites excluding steroid dienone is 5. The van der Waals surface area contributed by atoms with E-state index in [0.717, 1.165) is 22.4 Å². The average Bonchev–Trinajstić information content (AvgIpc) is 1.42. The molecule has 0 spiro atoms. The standard InChI is InChI=1S/C17H18F4.3C16H17F4N.2C15H16F4N2/c1-8(2)10-5-6-11(7-10)13-12(9(3)4)14(18)16(20)17(21)15(13)19;1-7(2)10-5-9(6-21-10)12-11(8(3)4)13(17)15(19)16(20)14(12)18;2*1-7(2)9-5-10(21-6-9)12-11(8(3)4)13(17)15(19)16(20)14(12)18;1-6(2)9-10(8-5-20-15(21-8)7(3)4)12(17)14(19)13(18)11(9)16;1-6(2)8-5-9(21-20-8)11-10(7(3)4)12(16)14(18)15(19)13(11)17/h5-6,8-9H,7H2,1-4H3;5-8,21H,1-4H3;6-8H,5H2,1-4H3;5-8,21H,1-4H3;2*5-7H,1-4H3,(H,20,21). The molecule has 31 heteroatoms. The van der Waals surface area contributed by atoms with Crippen LogP contribution in [0, 0.1) is 151 Å². The molecule has 0 saturated carbocycles. The van der Waals surface area contributed by atoms with Crippen LogP contribution in [0.4, 0.5) is 105 Å². The fourth-order valence-corrected chi connectivity index (χ4v) is 14.2. The summed E-state index contributed by atoms with van der Waals surface area (Å²) in [4.78, 5) is 16.7. The number of imidazole rings is 1. The van der Waals surface area contributed by atoms with Crippen molar-refractivity contribution in [2.45, 2.75) is 238 Å². The molecule has 0 amide bonds. The summed E-state index contributed by atoms with van der Waals surface area (Å²) in [6, 6.07) is 4.78. The Bertz CT molecular complexity index is 5190. The van der Waals surface area contributed by atoms with Crippen LogP contribution >= 0.6 is 0 Å². The molecule has 2 aliphatic rings. The van der Waals surface area contributed by atoms with Gasteiger partial charge in [0, 0.05) is 120 Å². The highest BCUT2D eigenvalue weighted by Gasteiger charge is 2.37. The molecule has 0 atom stereocenters. The van der Waals surface area contributed by atoms with E-state index in [9.17, 15) is 105 Å². The molecule has 684 valence electrons. The molecule has 4 N–H and O–H groups in total. The molecule has 10 aromatic rings. The lowest BCUT2D eigenvalue weighted by atomic mass is 9.88. The van der Waals surface area contributed by atoms with Gasteiger partial charge in [0.25, 0.3) is 0 Å². The summed E-state index contributed by atoms with van der Waals surface area (Å²) in [5, 5.41) is 6.60. The topological polar surface area (TPSA) is 101 Å². The van der Waals surface area contributed by atoms with Crippen LogP contribution in [0.1, 0.15) is 305 Å². The van der Waals surface area contributed by atoms with Crippen molar-refractivity contribution in [1.29, 1.82) is 0 Å². The molecule has 0 fully saturated rings. The van der Waals surface area contributed by atoms with Crippen LogP contribution in [0.15, 0.2) is 71.3 Å². The van der Waals surface area contributed by atoms with Crippen molar-refractivity contribution in [2.75, 3.05) is 0 Å². The molecule has 7 nitrogen and oxygen atoms in total. The van der Waals surface area contributed by atoms with Crippen LogP contribution in [0.3, 0.4) is 0 Å². The van der Waals surface area contributed by atoms with Crippen LogP contribution < -0.4 is 0 Å². The van der Waals surface area contributed by atoms with Gasteiger partial charge in [0.1, 0.15) is 5.82 Å². The highest BCUT2D eigenvalue weighted by molar-refractivity contribution is 6.05. The lowest BCUT2D eigenvalue weighted by Gasteiger charge is -2.18. The molecule has 12 rings (SSSR count). The third-order valence-corrected chi connectivity index (χ3v) is 21.2. The third-order valence-electron chi connectivity index (χ3n) is 21.2. The van der Waals surface area contributed by atoms with Crippen molar-refractivity contribution in [3.05, 3.63) is 273 Å². The second-order valence-electron chi connectivity index (χ2n) is 34.3. The smallest absolute Gasteiger partial charge is 0.198 e. The molecule has 0 saturated heterocycles. The van der Waals surface area contributed by atoms with Gasteiger partial charge in [-0.05, 0) is 106 Å². The van der Waals surface area contributed by atoms with E-state index in [1.807, 2.05) is 89.2 Å².